The lowest BCUT2D eigenvalue weighted by molar-refractivity contribution is -0.275. The fourth-order valence-corrected chi connectivity index (χ4v) is 3.05. The van der Waals surface area contributed by atoms with Gasteiger partial charge in [-0.25, -0.2) is 0 Å². The molecule has 15 heteroatoms. The van der Waals surface area contributed by atoms with Crippen molar-refractivity contribution >= 4 is 18.5 Å². The number of carbonyl (C=O) groups excluding carboxylic acids is 1. The van der Waals surface area contributed by atoms with Crippen LogP contribution in [0.3, 0.4) is 0 Å². The van der Waals surface area contributed by atoms with E-state index in [2.05, 4.69) is 14.8 Å². The molecule has 1 atom stereocenters. The summed E-state index contributed by atoms with van der Waals surface area (Å²) in [4.78, 5) is 12.5. The molecule has 2 aromatic rings. The zero-order valence-electron chi connectivity index (χ0n) is 17.7. The number of nitrogens with zero attached hydrogens (tertiary/aromatic N) is 1. The maximum atomic E-state index is 13.0. The lowest BCUT2D eigenvalue weighted by Gasteiger charge is -2.25. The number of hydrogen-bond donors (Lipinski definition) is 2. The maximum absolute atomic E-state index is 13.0. The molecule has 0 spiro atoms. The average molecular weight is 504 g/mol. The van der Waals surface area contributed by atoms with Gasteiger partial charge in [0.25, 0.3) is 5.91 Å². The highest BCUT2D eigenvalue weighted by Crippen LogP contribution is 2.34. The minimum absolute atomic E-state index is 0.125. The monoisotopic (exact) mass is 504 g/mol. The Morgan fingerprint density at radius 3 is 2.31 bits per heavy atom. The van der Waals surface area contributed by atoms with E-state index in [1.807, 2.05) is 0 Å². The van der Waals surface area contributed by atoms with Crippen LogP contribution in [-0.2, 0) is 11.3 Å². The molecule has 1 aliphatic heterocycles. The molecule has 0 aromatic heterocycles. The van der Waals surface area contributed by atoms with Crippen LogP contribution >= 0.6 is 0 Å². The summed E-state index contributed by atoms with van der Waals surface area (Å²) >= 11 is 0. The van der Waals surface area contributed by atoms with Crippen LogP contribution in [0.15, 0.2) is 36.4 Å². The Morgan fingerprint density at radius 1 is 1.11 bits per heavy atom. The molecule has 0 fully saturated rings. The first kappa shape index (κ1) is 26.0. The van der Waals surface area contributed by atoms with Crippen LogP contribution in [0, 0.1) is 11.3 Å². The van der Waals surface area contributed by atoms with Crippen molar-refractivity contribution in [1.29, 1.82) is 5.26 Å². The summed E-state index contributed by atoms with van der Waals surface area (Å²) in [5.41, 5.74) is -1.97. The van der Waals surface area contributed by atoms with Crippen molar-refractivity contribution in [2.75, 3.05) is 6.61 Å². The van der Waals surface area contributed by atoms with Gasteiger partial charge in [0.1, 0.15) is 12.4 Å². The fourth-order valence-electron chi connectivity index (χ4n) is 3.05. The molecule has 0 saturated heterocycles. The van der Waals surface area contributed by atoms with Crippen LogP contribution in [0.2, 0.25) is 0 Å². The van der Waals surface area contributed by atoms with E-state index in [0.29, 0.717) is 0 Å². The van der Waals surface area contributed by atoms with Crippen molar-refractivity contribution in [1.82, 2.24) is 5.32 Å². The predicted molar refractivity (Wildman–Crippen MR) is 106 cm³/mol. The van der Waals surface area contributed by atoms with Gasteiger partial charge in [0.05, 0.1) is 12.7 Å². The van der Waals surface area contributed by atoms with Crippen molar-refractivity contribution in [3.8, 4) is 23.3 Å². The predicted octanol–water partition coefficient (Wildman–Crippen LogP) is 2.79. The molecule has 0 saturated carbocycles. The Kier molecular flexibility index (Phi) is 7.09. The highest BCUT2D eigenvalue weighted by atomic mass is 19.4. The first-order valence-corrected chi connectivity index (χ1v) is 9.63. The number of ether oxygens (including phenoxy) is 3. The Hall–Kier alpha value is -3.64. The molecule has 0 bridgehead atoms. The smallest absolute Gasteiger partial charge is 0.486 e. The summed E-state index contributed by atoms with van der Waals surface area (Å²) in [5, 5.41) is 21.7. The number of nitriles is 1. The second-order valence-electron chi connectivity index (χ2n) is 7.44. The van der Waals surface area contributed by atoms with Gasteiger partial charge in [-0.15, -0.1) is 26.3 Å². The molecule has 0 unspecified atom stereocenters. The number of halogens is 6. The Bertz CT molecular complexity index is 1140. The number of alkyl halides is 6. The van der Waals surface area contributed by atoms with Gasteiger partial charge in [0.15, 0.2) is 17.0 Å². The van der Waals surface area contributed by atoms with Gasteiger partial charge in [-0.3, -0.25) is 4.79 Å². The van der Waals surface area contributed by atoms with Crippen molar-refractivity contribution in [3.63, 3.8) is 0 Å². The van der Waals surface area contributed by atoms with Crippen LogP contribution in [0.25, 0.3) is 0 Å². The Labute approximate surface area is 194 Å². The molecule has 1 heterocycles. The van der Waals surface area contributed by atoms with Crippen LogP contribution in [0.4, 0.5) is 26.3 Å². The van der Waals surface area contributed by atoms with E-state index in [1.165, 1.54) is 13.0 Å². The van der Waals surface area contributed by atoms with E-state index in [0.717, 1.165) is 30.3 Å². The third-order valence-corrected chi connectivity index (χ3v) is 4.61. The molecular formula is C20H15BF6N2O6. The SMILES string of the molecule is C[C@](C#N)(COc1ccc2c(c1OC(F)(F)F)B(O)OC2)NC(=O)c1ccc(OC(F)(F)F)cc1. The van der Waals surface area contributed by atoms with Gasteiger partial charge in [-0.05, 0) is 42.8 Å². The van der Waals surface area contributed by atoms with E-state index in [4.69, 9.17) is 9.39 Å². The first-order chi connectivity index (χ1) is 16.2. The Balaban J connectivity index is 1.75. The van der Waals surface area contributed by atoms with E-state index in [9.17, 15) is 41.4 Å². The number of nitrogens with one attached hydrogen (secondary N) is 1. The maximum Gasteiger partial charge on any atom is 0.573 e. The summed E-state index contributed by atoms with van der Waals surface area (Å²) in [7, 11) is -1.70. The lowest BCUT2D eigenvalue weighted by Crippen LogP contribution is -2.49. The third-order valence-electron chi connectivity index (χ3n) is 4.61. The van der Waals surface area contributed by atoms with Gasteiger partial charge in [0.2, 0.25) is 0 Å². The number of benzene rings is 2. The number of rotatable bonds is 7. The number of fused-ring (bicyclic) bond motifs is 1. The molecule has 1 aliphatic rings. The lowest BCUT2D eigenvalue weighted by atomic mass is 9.78. The molecule has 35 heavy (non-hydrogen) atoms. The summed E-state index contributed by atoms with van der Waals surface area (Å²) in [6.07, 6.45) is -10.1. The van der Waals surface area contributed by atoms with Crippen molar-refractivity contribution in [2.45, 2.75) is 31.8 Å². The van der Waals surface area contributed by atoms with Gasteiger partial charge >= 0.3 is 19.8 Å². The van der Waals surface area contributed by atoms with Gasteiger partial charge in [-0.1, -0.05) is 6.07 Å². The molecular weight excluding hydrogens is 489 g/mol. The van der Waals surface area contributed by atoms with E-state index in [1.54, 1.807) is 6.07 Å². The van der Waals surface area contributed by atoms with Crippen LogP contribution in [-0.4, -0.2) is 42.9 Å². The van der Waals surface area contributed by atoms with Gasteiger partial charge in [0, 0.05) is 11.0 Å². The highest BCUT2D eigenvalue weighted by molar-refractivity contribution is 6.62. The summed E-state index contributed by atoms with van der Waals surface area (Å²) in [6, 6.07) is 8.04. The van der Waals surface area contributed by atoms with Crippen LogP contribution in [0.5, 0.6) is 17.2 Å². The van der Waals surface area contributed by atoms with Gasteiger partial charge in [-0.2, -0.15) is 5.26 Å². The van der Waals surface area contributed by atoms with E-state index in [-0.39, 0.29) is 23.2 Å². The summed E-state index contributed by atoms with van der Waals surface area (Å²) < 4.78 is 93.6. The molecule has 0 aliphatic carbocycles. The van der Waals surface area contributed by atoms with Crippen molar-refractivity contribution in [2.24, 2.45) is 0 Å². The molecule has 0 radical (unpaired) electrons. The molecule has 8 nitrogen and oxygen atoms in total. The molecule has 2 N–H and O–H groups in total. The largest absolute Gasteiger partial charge is 0.573 e. The minimum Gasteiger partial charge on any atom is -0.486 e. The normalized spacial score (nSPS) is 15.0. The quantitative estimate of drug-likeness (QED) is 0.441. The number of hydrogen-bond acceptors (Lipinski definition) is 7. The molecule has 186 valence electrons. The highest BCUT2D eigenvalue weighted by Gasteiger charge is 2.40. The minimum atomic E-state index is -5.13. The topological polar surface area (TPSA) is 110 Å². The molecule has 3 rings (SSSR count). The Morgan fingerprint density at radius 2 is 1.74 bits per heavy atom. The van der Waals surface area contributed by atoms with Crippen LogP contribution in [0.1, 0.15) is 22.8 Å². The van der Waals surface area contributed by atoms with Gasteiger partial charge < -0.3 is 29.2 Å². The molecule has 1 amide bonds. The second kappa shape index (κ2) is 9.55. The summed E-state index contributed by atoms with van der Waals surface area (Å²) in [6.45, 7) is 0.389. The summed E-state index contributed by atoms with van der Waals surface area (Å²) in [5.74, 6) is -2.77. The van der Waals surface area contributed by atoms with Crippen molar-refractivity contribution in [3.05, 3.63) is 47.5 Å². The van der Waals surface area contributed by atoms with E-state index < -0.39 is 55.1 Å². The fraction of sp³-hybridized carbons (Fsp3) is 0.300. The average Bonchev–Trinajstić information content (AvgIpc) is 3.12. The molecule has 2 aromatic carbocycles. The zero-order chi connectivity index (χ0) is 26.0. The van der Waals surface area contributed by atoms with Crippen LogP contribution < -0.4 is 25.0 Å². The number of carbonyl (C=O) groups is 1. The first-order valence-electron chi connectivity index (χ1n) is 9.63. The van der Waals surface area contributed by atoms with Crippen molar-refractivity contribution < 1.29 is 55.0 Å². The third kappa shape index (κ3) is 6.70. The van der Waals surface area contributed by atoms with E-state index >= 15 is 0 Å². The standard InChI is InChI=1S/C20H15BF6N2O6/c1-18(9-28,29-17(30)11-2-5-13(6-3-11)34-19(22,23)24)10-32-14-7-4-12-8-33-21(31)15(12)16(14)35-20(25,26)27/h2-7,31H,8,10H2,1H3,(H,29,30)/t18-/m0/s1. The second-order valence-corrected chi connectivity index (χ2v) is 7.44. The number of amides is 1. The zero-order valence-corrected chi connectivity index (χ0v) is 17.7.